The van der Waals surface area contributed by atoms with Gasteiger partial charge < -0.3 is 61.6 Å². The minimum absolute atomic E-state index is 0.179. The molecule has 4 aromatic rings. The van der Waals surface area contributed by atoms with Gasteiger partial charge in [-0.15, -0.1) is 0 Å². The lowest BCUT2D eigenvalue weighted by atomic mass is 10.1. The minimum atomic E-state index is -0.648. The molecular weight excluding hydrogens is 749 g/mol. The van der Waals surface area contributed by atoms with Crippen molar-refractivity contribution in [2.45, 2.75) is 64.5 Å². The van der Waals surface area contributed by atoms with Crippen molar-refractivity contribution in [3.63, 3.8) is 0 Å². The molecule has 20 heteroatoms. The third-order valence-electron chi connectivity index (χ3n) is 9.22. The summed E-state index contributed by atoms with van der Waals surface area (Å²) in [6, 6.07) is 4.83. The molecule has 6 amide bonds. The zero-order chi connectivity index (χ0) is 42.8. The molecule has 0 aliphatic heterocycles. The zero-order valence-electron chi connectivity index (χ0n) is 33.4. The summed E-state index contributed by atoms with van der Waals surface area (Å²) in [5.41, 5.74) is 13.7. The highest BCUT2D eigenvalue weighted by Gasteiger charge is 2.21. The van der Waals surface area contributed by atoms with E-state index in [1.165, 1.54) is 12.1 Å². The number of amidine groups is 2. The van der Waals surface area contributed by atoms with E-state index in [0.717, 1.165) is 12.8 Å². The average Bonchev–Trinajstić information content (AvgIpc) is 3.90. The quantitative estimate of drug-likeness (QED) is 0.0381. The molecule has 0 bridgehead atoms. The van der Waals surface area contributed by atoms with Crippen molar-refractivity contribution in [1.82, 2.24) is 28.9 Å². The van der Waals surface area contributed by atoms with Gasteiger partial charge in [-0.1, -0.05) is 12.8 Å². The van der Waals surface area contributed by atoms with Gasteiger partial charge in [0.1, 0.15) is 34.4 Å². The zero-order valence-corrected chi connectivity index (χ0v) is 33.4. The second kappa shape index (κ2) is 19.2. The predicted octanol–water partition coefficient (Wildman–Crippen LogP) is 2.57. The molecule has 12 N–H and O–H groups in total. The van der Waals surface area contributed by atoms with Crippen molar-refractivity contribution in [3.8, 4) is 0 Å². The monoisotopic (exact) mass is 800 g/mol. The molecule has 0 fully saturated rings. The molecule has 0 aliphatic carbocycles. The number of anilines is 4. The molecule has 0 radical (unpaired) electrons. The first-order chi connectivity index (χ1) is 27.3. The fourth-order valence-corrected chi connectivity index (χ4v) is 5.89. The third kappa shape index (κ3) is 11.7. The maximum atomic E-state index is 13.0. The first kappa shape index (κ1) is 43.6. The van der Waals surface area contributed by atoms with Gasteiger partial charge in [-0.25, -0.2) is 0 Å². The van der Waals surface area contributed by atoms with Crippen molar-refractivity contribution in [2.75, 3.05) is 21.3 Å². The second-order valence-electron chi connectivity index (χ2n) is 14.1. The van der Waals surface area contributed by atoms with Crippen LogP contribution >= 0.6 is 0 Å². The number of aromatic nitrogens is 4. The predicted molar refractivity (Wildman–Crippen MR) is 220 cm³/mol. The van der Waals surface area contributed by atoms with Gasteiger partial charge >= 0.3 is 0 Å². The van der Waals surface area contributed by atoms with Crippen molar-refractivity contribution in [1.29, 1.82) is 10.8 Å². The Morgan fingerprint density at radius 1 is 0.500 bits per heavy atom. The number of aryl methyl sites for hydroxylation is 4. The molecule has 2 unspecified atom stereocenters. The third-order valence-corrected chi connectivity index (χ3v) is 9.22. The van der Waals surface area contributed by atoms with Crippen LogP contribution in [0.4, 0.5) is 22.7 Å². The van der Waals surface area contributed by atoms with E-state index in [-0.39, 0.29) is 59.1 Å². The lowest BCUT2D eigenvalue weighted by Gasteiger charge is -2.12. The summed E-state index contributed by atoms with van der Waals surface area (Å²) in [7, 11) is 6.65. The van der Waals surface area contributed by atoms with Gasteiger partial charge in [-0.05, 0) is 51.0 Å². The van der Waals surface area contributed by atoms with E-state index < -0.39 is 35.7 Å². The Labute approximate surface area is 335 Å². The molecule has 310 valence electrons. The molecule has 0 saturated heterocycles. The molecule has 2 atom stereocenters. The molecular formula is C38H52N14O6. The number of carbonyl (C=O) groups is 6. The van der Waals surface area contributed by atoms with Crippen LogP contribution in [0.25, 0.3) is 0 Å². The molecule has 0 aromatic carbocycles. The van der Waals surface area contributed by atoms with Gasteiger partial charge in [0.25, 0.3) is 23.6 Å². The molecule has 58 heavy (non-hydrogen) atoms. The largest absolute Gasteiger partial charge is 0.386 e. The number of nitrogens with one attached hydrogen (secondary N) is 8. The highest BCUT2D eigenvalue weighted by atomic mass is 16.2. The van der Waals surface area contributed by atoms with Gasteiger partial charge in [0.15, 0.2) is 0 Å². The van der Waals surface area contributed by atoms with Crippen LogP contribution in [-0.4, -0.2) is 77.5 Å². The number of amides is 6. The molecule has 0 spiro atoms. The number of carbonyl (C=O) groups excluding carboxylic acids is 6. The van der Waals surface area contributed by atoms with Crippen LogP contribution in [0.2, 0.25) is 0 Å². The Hall–Kier alpha value is -7.12. The van der Waals surface area contributed by atoms with E-state index in [0.29, 0.717) is 35.6 Å². The molecule has 4 rings (SSSR count). The summed E-state index contributed by atoms with van der Waals surface area (Å²) in [6.07, 6.45) is 9.58. The van der Waals surface area contributed by atoms with Crippen LogP contribution in [0.5, 0.6) is 0 Å². The number of rotatable bonds is 19. The van der Waals surface area contributed by atoms with Crippen molar-refractivity contribution in [3.05, 3.63) is 71.8 Å². The van der Waals surface area contributed by atoms with E-state index in [4.69, 9.17) is 22.3 Å². The Morgan fingerprint density at radius 3 is 1.07 bits per heavy atom. The minimum Gasteiger partial charge on any atom is -0.386 e. The molecule has 0 saturated carbocycles. The van der Waals surface area contributed by atoms with Crippen LogP contribution < -0.4 is 43.4 Å². The summed E-state index contributed by atoms with van der Waals surface area (Å²) >= 11 is 0. The van der Waals surface area contributed by atoms with Gasteiger partial charge in [0, 0.05) is 65.8 Å². The maximum absolute atomic E-state index is 13.0. The normalized spacial score (nSPS) is 11.9. The summed E-state index contributed by atoms with van der Waals surface area (Å²) < 4.78 is 6.25. The Morgan fingerprint density at radius 2 is 0.776 bits per heavy atom. The molecule has 20 nitrogen and oxygen atoms in total. The SMILES string of the molecule is CC(NC(=O)c1cc(NC(=O)c2cc(NC(=O)CCCCCCC(=O)Nc3cc(C(=O)Nc4cc(C(=O)NC(C)C(=N)N)n(C)c4)n(C)c3)cn2C)cn1C)C(=N)N. The summed E-state index contributed by atoms with van der Waals surface area (Å²) in [4.78, 5) is 76.4. The summed E-state index contributed by atoms with van der Waals surface area (Å²) in [5, 5.41) is 31.3. The van der Waals surface area contributed by atoms with E-state index in [9.17, 15) is 28.8 Å². The van der Waals surface area contributed by atoms with Gasteiger partial charge in [-0.2, -0.15) is 0 Å². The standard InChI is InChI=1S/C38H52N14O6/c1-21(33(39)40)43-35(55)27-15-25(19-51(27)5)47-37(57)29-13-23(17-49(29)3)45-31(53)11-9-7-8-10-12-32(54)46-24-14-30(50(4)18-24)38(58)48-26-16-28(52(6)20-26)36(56)44-22(2)34(41)42/h13-22H,7-12H2,1-6H3,(H3,39,40)(H3,41,42)(H,43,55)(H,44,56)(H,45,53)(H,46,54)(H,47,57)(H,48,58). The highest BCUT2D eigenvalue weighted by Crippen LogP contribution is 2.20. The van der Waals surface area contributed by atoms with Crippen LogP contribution in [0.1, 0.15) is 94.3 Å². The Balaban J connectivity index is 1.15. The highest BCUT2D eigenvalue weighted by molar-refractivity contribution is 6.07. The van der Waals surface area contributed by atoms with Crippen LogP contribution in [0.15, 0.2) is 49.1 Å². The van der Waals surface area contributed by atoms with E-state index >= 15 is 0 Å². The Kier molecular flexibility index (Phi) is 14.4. The van der Waals surface area contributed by atoms with Crippen LogP contribution in [0.3, 0.4) is 0 Å². The lowest BCUT2D eigenvalue weighted by molar-refractivity contribution is -0.117. The first-order valence-electron chi connectivity index (χ1n) is 18.5. The number of nitrogens with zero attached hydrogens (tertiary/aromatic N) is 4. The van der Waals surface area contributed by atoms with E-state index in [2.05, 4.69) is 31.9 Å². The molecule has 4 heterocycles. The summed E-state index contributed by atoms with van der Waals surface area (Å²) in [5.74, 6) is -2.56. The fourth-order valence-electron chi connectivity index (χ4n) is 5.89. The van der Waals surface area contributed by atoms with Gasteiger partial charge in [0.05, 0.1) is 34.8 Å². The van der Waals surface area contributed by atoms with E-state index in [1.807, 2.05) is 0 Å². The van der Waals surface area contributed by atoms with Crippen molar-refractivity contribution in [2.24, 2.45) is 39.7 Å². The Bertz CT molecular complexity index is 2070. The fraction of sp³-hybridized carbons (Fsp3) is 0.368. The first-order valence-corrected chi connectivity index (χ1v) is 18.5. The number of nitrogens with two attached hydrogens (primary N) is 2. The number of unbranched alkanes of at least 4 members (excludes halogenated alkanes) is 3. The summed E-state index contributed by atoms with van der Waals surface area (Å²) in [6.45, 7) is 3.18. The molecule has 4 aromatic heterocycles. The van der Waals surface area contributed by atoms with E-state index in [1.54, 1.807) is 97.2 Å². The van der Waals surface area contributed by atoms with Gasteiger partial charge in [0.2, 0.25) is 11.8 Å². The topological polar surface area (TPSA) is 294 Å². The van der Waals surface area contributed by atoms with Crippen LogP contribution in [-0.2, 0) is 37.8 Å². The lowest BCUT2D eigenvalue weighted by Crippen LogP contribution is -2.42. The smallest absolute Gasteiger partial charge is 0.272 e. The molecule has 0 aliphatic rings. The maximum Gasteiger partial charge on any atom is 0.272 e. The number of hydrogen-bond donors (Lipinski definition) is 10. The van der Waals surface area contributed by atoms with Crippen molar-refractivity contribution < 1.29 is 28.8 Å². The van der Waals surface area contributed by atoms with Gasteiger partial charge in [-0.3, -0.25) is 39.6 Å². The van der Waals surface area contributed by atoms with Crippen molar-refractivity contribution >= 4 is 69.9 Å². The number of hydrogen-bond acceptors (Lipinski definition) is 8. The second-order valence-corrected chi connectivity index (χ2v) is 14.1. The van der Waals surface area contributed by atoms with Crippen LogP contribution in [0, 0.1) is 10.8 Å². The average molecular weight is 801 g/mol.